The summed E-state index contributed by atoms with van der Waals surface area (Å²) < 4.78 is 17.3. The van der Waals surface area contributed by atoms with Gasteiger partial charge in [0, 0.05) is 36.6 Å². The second-order valence-corrected chi connectivity index (χ2v) is 8.90. The van der Waals surface area contributed by atoms with Crippen molar-refractivity contribution >= 4 is 17.5 Å². The minimum atomic E-state index is 0.447. The first-order valence-corrected chi connectivity index (χ1v) is 12.6. The summed E-state index contributed by atoms with van der Waals surface area (Å²) in [5, 5.41) is 3.24. The molecule has 1 N–H and O–H groups in total. The summed E-state index contributed by atoms with van der Waals surface area (Å²) in [6.45, 7) is 4.18. The molecular weight excluding hydrogens is 468 g/mol. The van der Waals surface area contributed by atoms with Crippen molar-refractivity contribution in [1.29, 1.82) is 0 Å². The summed E-state index contributed by atoms with van der Waals surface area (Å²) in [6.07, 6.45) is 3.59. The molecule has 0 spiro atoms. The van der Waals surface area contributed by atoms with Crippen LogP contribution in [0.4, 0.5) is 17.5 Å². The number of fused-ring (bicyclic) bond motifs is 1. The van der Waals surface area contributed by atoms with Crippen LogP contribution < -0.4 is 19.7 Å². The maximum Gasteiger partial charge on any atom is 0.230 e. The van der Waals surface area contributed by atoms with Crippen molar-refractivity contribution in [2.75, 3.05) is 43.1 Å². The third-order valence-electron chi connectivity index (χ3n) is 6.33. The van der Waals surface area contributed by atoms with Gasteiger partial charge in [0.15, 0.2) is 5.82 Å². The number of benzene rings is 2. The Bertz CT molecular complexity index is 1340. The second kappa shape index (κ2) is 10.8. The van der Waals surface area contributed by atoms with Crippen molar-refractivity contribution in [3.8, 4) is 23.1 Å². The maximum absolute atomic E-state index is 5.93. The van der Waals surface area contributed by atoms with E-state index in [4.69, 9.17) is 24.2 Å². The highest BCUT2D eigenvalue weighted by Crippen LogP contribution is 2.34. The Morgan fingerprint density at radius 2 is 1.73 bits per heavy atom. The molecule has 2 aliphatic rings. The van der Waals surface area contributed by atoms with Gasteiger partial charge in [-0.1, -0.05) is 30.3 Å². The smallest absolute Gasteiger partial charge is 0.230 e. The highest BCUT2D eigenvalue weighted by molar-refractivity contribution is 5.66. The average molecular weight is 497 g/mol. The predicted octanol–water partition coefficient (Wildman–Crippen LogP) is 4.42. The Kier molecular flexibility index (Phi) is 6.76. The Morgan fingerprint density at radius 3 is 2.57 bits per heavy atom. The first-order chi connectivity index (χ1) is 18.3. The summed E-state index contributed by atoms with van der Waals surface area (Å²) in [5.41, 5.74) is 3.95. The molecule has 2 aromatic heterocycles. The van der Waals surface area contributed by atoms with Crippen LogP contribution in [0.25, 0.3) is 11.4 Å². The highest BCUT2D eigenvalue weighted by atomic mass is 16.5. The molecule has 188 valence electrons. The summed E-state index contributed by atoms with van der Waals surface area (Å²) in [5.74, 6) is 3.29. The Balaban J connectivity index is 1.18. The van der Waals surface area contributed by atoms with Gasteiger partial charge >= 0.3 is 0 Å². The predicted molar refractivity (Wildman–Crippen MR) is 140 cm³/mol. The lowest BCUT2D eigenvalue weighted by Crippen LogP contribution is -2.38. The fourth-order valence-electron chi connectivity index (χ4n) is 4.42. The topological polar surface area (TPSA) is 94.5 Å². The first-order valence-electron chi connectivity index (χ1n) is 12.6. The number of hydrogen-bond donors (Lipinski definition) is 1. The van der Waals surface area contributed by atoms with Gasteiger partial charge in [-0.15, -0.1) is 0 Å². The van der Waals surface area contributed by atoms with Crippen molar-refractivity contribution in [3.05, 3.63) is 78.0 Å². The molecular formula is C28H28N6O3. The summed E-state index contributed by atoms with van der Waals surface area (Å²) in [7, 11) is 0. The zero-order chi connectivity index (χ0) is 24.9. The summed E-state index contributed by atoms with van der Waals surface area (Å²) in [6, 6.07) is 19.7. The van der Waals surface area contributed by atoms with Crippen molar-refractivity contribution in [3.63, 3.8) is 0 Å². The normalized spacial score (nSPS) is 15.0. The van der Waals surface area contributed by atoms with Gasteiger partial charge in [0.25, 0.3) is 0 Å². The Morgan fingerprint density at radius 1 is 0.892 bits per heavy atom. The number of anilines is 3. The van der Waals surface area contributed by atoms with E-state index in [1.807, 2.05) is 54.6 Å². The fraction of sp³-hybridized carbons (Fsp3) is 0.286. The van der Waals surface area contributed by atoms with Gasteiger partial charge in [0.1, 0.15) is 12.4 Å². The van der Waals surface area contributed by atoms with Gasteiger partial charge in [-0.05, 0) is 42.7 Å². The molecule has 1 saturated heterocycles. The SMILES string of the molecule is c1ccc(COc2ccnc(Nc3ccc(-c4nc5c(c(N6CCOCC6)n4)CCCO5)cc3)n2)cc1. The number of nitrogens with zero attached hydrogens (tertiary/aromatic N) is 5. The van der Waals surface area contributed by atoms with E-state index in [1.54, 1.807) is 12.3 Å². The van der Waals surface area contributed by atoms with Crippen molar-refractivity contribution < 1.29 is 14.2 Å². The van der Waals surface area contributed by atoms with Gasteiger partial charge < -0.3 is 24.4 Å². The zero-order valence-corrected chi connectivity index (χ0v) is 20.5. The van der Waals surface area contributed by atoms with Crippen LogP contribution >= 0.6 is 0 Å². The van der Waals surface area contributed by atoms with Crippen molar-refractivity contribution in [2.24, 2.45) is 0 Å². The number of rotatable bonds is 7. The molecule has 0 atom stereocenters. The molecule has 0 aliphatic carbocycles. The largest absolute Gasteiger partial charge is 0.477 e. The molecule has 4 heterocycles. The number of morpholine rings is 1. The molecule has 0 amide bonds. The molecule has 37 heavy (non-hydrogen) atoms. The van der Waals surface area contributed by atoms with E-state index in [9.17, 15) is 0 Å². The van der Waals surface area contributed by atoms with Crippen molar-refractivity contribution in [2.45, 2.75) is 19.4 Å². The van der Waals surface area contributed by atoms with Gasteiger partial charge in [-0.3, -0.25) is 0 Å². The number of hydrogen-bond acceptors (Lipinski definition) is 9. The minimum absolute atomic E-state index is 0.447. The quantitative estimate of drug-likeness (QED) is 0.399. The number of ether oxygens (including phenoxy) is 3. The van der Waals surface area contributed by atoms with Crippen LogP contribution in [0.1, 0.15) is 17.5 Å². The molecule has 2 aliphatic heterocycles. The van der Waals surface area contributed by atoms with E-state index in [1.165, 1.54) is 0 Å². The highest BCUT2D eigenvalue weighted by Gasteiger charge is 2.24. The lowest BCUT2D eigenvalue weighted by molar-refractivity contribution is 0.122. The maximum atomic E-state index is 5.93. The van der Waals surface area contributed by atoms with Crippen LogP contribution in [-0.2, 0) is 17.8 Å². The summed E-state index contributed by atoms with van der Waals surface area (Å²) >= 11 is 0. The molecule has 4 aromatic rings. The van der Waals surface area contributed by atoms with Gasteiger partial charge in [0.2, 0.25) is 17.7 Å². The molecule has 0 saturated carbocycles. The van der Waals surface area contributed by atoms with Crippen LogP contribution in [0.3, 0.4) is 0 Å². The number of aromatic nitrogens is 4. The van der Waals surface area contributed by atoms with Crippen LogP contribution in [0.5, 0.6) is 11.8 Å². The monoisotopic (exact) mass is 496 g/mol. The lowest BCUT2D eigenvalue weighted by Gasteiger charge is -2.31. The molecule has 9 nitrogen and oxygen atoms in total. The standard InChI is InChI=1S/C28H28N6O3/c1-2-5-20(6-3-1)19-37-24-12-13-29-28(31-24)30-22-10-8-21(9-11-22)25-32-26(34-14-17-35-18-15-34)23-7-4-16-36-27(23)33-25/h1-3,5-6,8-13H,4,7,14-19H2,(H,29,30,31). The van der Waals surface area contributed by atoms with E-state index in [-0.39, 0.29) is 0 Å². The van der Waals surface area contributed by atoms with Crippen LogP contribution in [0.2, 0.25) is 0 Å². The molecule has 9 heteroatoms. The fourth-order valence-corrected chi connectivity index (χ4v) is 4.42. The molecule has 6 rings (SSSR count). The molecule has 1 fully saturated rings. The third-order valence-corrected chi connectivity index (χ3v) is 6.33. The van der Waals surface area contributed by atoms with Crippen LogP contribution in [-0.4, -0.2) is 52.8 Å². The minimum Gasteiger partial charge on any atom is -0.477 e. The molecule has 0 bridgehead atoms. The van der Waals surface area contributed by atoms with Crippen LogP contribution in [0, 0.1) is 0 Å². The van der Waals surface area contributed by atoms with E-state index in [0.29, 0.717) is 50.0 Å². The zero-order valence-electron chi connectivity index (χ0n) is 20.5. The number of nitrogens with one attached hydrogen (secondary N) is 1. The Labute approximate surface area is 215 Å². The van der Waals surface area contributed by atoms with Crippen LogP contribution in [0.15, 0.2) is 66.9 Å². The third kappa shape index (κ3) is 5.46. The van der Waals surface area contributed by atoms with Gasteiger partial charge in [-0.25, -0.2) is 9.97 Å². The average Bonchev–Trinajstić information content (AvgIpc) is 2.97. The first kappa shape index (κ1) is 23.2. The second-order valence-electron chi connectivity index (χ2n) is 8.90. The Hall–Kier alpha value is -4.24. The van der Waals surface area contributed by atoms with E-state index >= 15 is 0 Å². The van der Waals surface area contributed by atoms with E-state index in [0.717, 1.165) is 54.1 Å². The van der Waals surface area contributed by atoms with E-state index < -0.39 is 0 Å². The van der Waals surface area contributed by atoms with Gasteiger partial charge in [0.05, 0.1) is 25.4 Å². The molecule has 2 aromatic carbocycles. The van der Waals surface area contributed by atoms with Crippen molar-refractivity contribution in [1.82, 2.24) is 19.9 Å². The molecule has 0 unspecified atom stereocenters. The molecule has 0 radical (unpaired) electrons. The lowest BCUT2D eigenvalue weighted by atomic mass is 10.1. The van der Waals surface area contributed by atoms with Gasteiger partial charge in [-0.2, -0.15) is 9.97 Å². The summed E-state index contributed by atoms with van der Waals surface area (Å²) in [4.78, 5) is 20.8. The van der Waals surface area contributed by atoms with E-state index in [2.05, 4.69) is 20.2 Å².